The van der Waals surface area contributed by atoms with Crippen LogP contribution in [-0.4, -0.2) is 213 Å². The Hall–Kier alpha value is -11.2. The predicted molar refractivity (Wildman–Crippen MR) is 448 cm³/mol. The van der Waals surface area contributed by atoms with Gasteiger partial charge in [-0.2, -0.15) is 5.70 Å². The third-order valence-corrected chi connectivity index (χ3v) is 25.7. The molecule has 686 valence electrons. The maximum absolute atomic E-state index is 14.7. The fraction of sp³-hybridized carbons (Fsp3) is 0.613. The SMILES string of the molecule is C/C1=C2/[N-][C@H]([C@H](CC(N)=O)[C@@]2(C)CCC(=O)NC[C@@H](C)OP(=O)([O-])O[C@H]2[C@@H](O)[C@@H](n3cnc4cc(C)c(C)cc43)O[C@@H]2Cn2cc(CCC(=O)NCC(=O)NCC(=O)NCC(=O)NCC(=O)NCCOCCN=[N+]=[N-])nn2)[C@]2(C)N=C(/C(C)=C3N=C(/C=C4N=C1[C@@H](CCC(N)=O)C\4(C)C)[C@@H](CCC(N)=O)[C@]\3(C)CC(N)=O)[C@@H](CCC(N)=O)[C@]2(C)CC(N)=O.[C-]#N.[Co+3]. The number of aryl methyl sites for hydroxylation is 3. The van der Waals surface area contributed by atoms with Crippen LogP contribution >= 0.6 is 7.82 Å². The number of fused-ring (bicyclic) bond motifs is 7. The quantitative estimate of drug-likeness (QED) is 0.00918. The molecule has 19 N–H and O–H groups in total. The Morgan fingerprint density at radius 3 is 1.88 bits per heavy atom. The minimum Gasteiger partial charge on any atom is -0.756 e. The monoisotopic (exact) mass is 1820 g/mol. The van der Waals surface area contributed by atoms with E-state index in [9.17, 15) is 72.1 Å². The van der Waals surface area contributed by atoms with Crippen molar-refractivity contribution < 1.29 is 107 Å². The van der Waals surface area contributed by atoms with Crippen molar-refractivity contribution in [3.63, 3.8) is 0 Å². The van der Waals surface area contributed by atoms with E-state index in [-0.39, 0.29) is 145 Å². The first-order valence-corrected chi connectivity index (χ1v) is 42.3. The number of phosphoric acid groups is 1. The smallest absolute Gasteiger partial charge is 0.756 e. The van der Waals surface area contributed by atoms with Crippen LogP contribution in [0.25, 0.3) is 26.8 Å². The Bertz CT molecular complexity index is 4990. The van der Waals surface area contributed by atoms with E-state index in [1.807, 2.05) is 53.7 Å². The summed E-state index contributed by atoms with van der Waals surface area (Å²) in [7, 11) is -5.53. The van der Waals surface area contributed by atoms with Gasteiger partial charge in [-0.25, -0.2) is 9.67 Å². The van der Waals surface area contributed by atoms with Crippen LogP contribution in [0.15, 0.2) is 79.1 Å². The average Bonchev–Trinajstić information content (AvgIpc) is 1.52. The second-order valence-corrected chi connectivity index (χ2v) is 35.1. The average molecular weight is 1820 g/mol. The number of nitrogens with zero attached hydrogens (tertiary/aromatic N) is 13. The summed E-state index contributed by atoms with van der Waals surface area (Å²) in [6.07, 6.45) is -4.50. The summed E-state index contributed by atoms with van der Waals surface area (Å²) < 4.78 is 40.1. The molecule has 1 aromatic carbocycles. The summed E-state index contributed by atoms with van der Waals surface area (Å²) in [5.74, 6) is -11.1. The van der Waals surface area contributed by atoms with Crippen molar-refractivity contribution in [1.29, 1.82) is 5.26 Å². The van der Waals surface area contributed by atoms with Gasteiger partial charge in [-0.05, 0) is 125 Å². The van der Waals surface area contributed by atoms with Crippen molar-refractivity contribution in [2.45, 2.75) is 208 Å². The van der Waals surface area contributed by atoms with Crippen LogP contribution in [0.3, 0.4) is 0 Å². The molecule has 0 aliphatic carbocycles. The van der Waals surface area contributed by atoms with Gasteiger partial charge in [0, 0.05) is 145 Å². The molecule has 2 saturated heterocycles. The maximum atomic E-state index is 14.7. The van der Waals surface area contributed by atoms with E-state index in [4.69, 9.17) is 90.6 Å². The van der Waals surface area contributed by atoms with Gasteiger partial charge in [0.2, 0.25) is 70.9 Å². The summed E-state index contributed by atoms with van der Waals surface area (Å²) in [5.41, 5.74) is 44.7. The largest absolute Gasteiger partial charge is 3.00 e. The van der Waals surface area contributed by atoms with E-state index in [2.05, 4.69) is 57.2 Å². The first-order chi connectivity index (χ1) is 58.7. The number of aliphatic hydroxyl groups excluding tert-OH is 1. The number of phosphoric ester groups is 1. The van der Waals surface area contributed by atoms with Crippen LogP contribution in [0.1, 0.15) is 162 Å². The fourth-order valence-corrected chi connectivity index (χ4v) is 19.0. The molecule has 2 fully saturated rings. The summed E-state index contributed by atoms with van der Waals surface area (Å²) in [5, 5.41) is 50.4. The number of amides is 12. The van der Waals surface area contributed by atoms with Gasteiger partial charge in [0.15, 0.2) is 6.23 Å². The molecule has 2 aromatic heterocycles. The molecular weight excluding hydrogens is 1700 g/mol. The number of ether oxygens (including phenoxy) is 2. The molecule has 6 aliphatic rings. The number of azide groups is 1. The van der Waals surface area contributed by atoms with Crippen LogP contribution in [0.5, 0.6) is 0 Å². The standard InChI is InChI=1S/C79H115N24O19P.CN.Co/c1-40-26-51-52(27-41(40)2)103(39-93-51)74-69(116)70(53(120-74)38-102-37-45(99-101-102)12-19-61(110)89-34-64(113)91-36-66(115)92-35-65(114)90-33-63(112)87-22-24-119-25-23-94-100-86)122-123(117,118)121-42(3)32-88-62(111)20-21-76(8)49(28-58(83)107)73-79(11)78(10,31-60(85)109)48(15-18-57(82)106)68(98-79)44(5)72-77(9,30-59(84)108)46(13-16-55(80)104)50(95-72)29-54-75(6,7)47(14-17-56(81)105)67(96-54)43(4)71(76)97-73;1-2;/h26-27,29,37,39,42,46-49,53,69-70,73-74,116H,12-25,28,30-36,38H2,1-11H3,(H20,80,81,82,83,84,85,87,88,89,90,91,92,95,96,97,98,104,105,106,107,108,109,110,111,112,113,114,115,117,118);;/q;-1;+3/p-2/t42-,46-,47-,48-,49+,53-,69-,70-,73-,74+,76-,77+,78+,79+;;/m1../s1. The normalized spacial score (nSPS) is 27.2. The topological polar surface area (TPSA) is 703 Å². The zero-order valence-electron chi connectivity index (χ0n) is 72.3. The van der Waals surface area contributed by atoms with E-state index in [1.54, 1.807) is 33.8 Å². The van der Waals surface area contributed by atoms with Crippen LogP contribution in [0, 0.1) is 71.0 Å². The number of carbonyl (C=O) groups excluding carboxylic acids is 12. The van der Waals surface area contributed by atoms with E-state index >= 15 is 0 Å². The number of hydrogen-bond acceptors (Lipinski definition) is 27. The molecular formula is C80H113CoN25O19P. The number of nitrogens with two attached hydrogens (primary N) is 6. The fourth-order valence-electron chi connectivity index (χ4n) is 17.9. The first kappa shape index (κ1) is 102. The van der Waals surface area contributed by atoms with Gasteiger partial charge in [0.1, 0.15) is 18.3 Å². The van der Waals surface area contributed by atoms with E-state index < -0.39 is 192 Å². The van der Waals surface area contributed by atoms with Gasteiger partial charge < -0.3 is 117 Å². The molecule has 1 unspecified atom stereocenters. The molecule has 15 atom stereocenters. The number of carbonyl (C=O) groups is 12. The zero-order valence-corrected chi connectivity index (χ0v) is 74.2. The molecule has 126 heavy (non-hydrogen) atoms. The Morgan fingerprint density at radius 1 is 0.722 bits per heavy atom. The molecule has 6 aliphatic heterocycles. The van der Waals surface area contributed by atoms with Gasteiger partial charge in [-0.1, -0.05) is 51.0 Å². The number of rotatable bonds is 44. The minimum atomic E-state index is -5.53. The van der Waals surface area contributed by atoms with Crippen molar-refractivity contribution in [3.05, 3.63) is 98.1 Å². The number of primary amides is 6. The van der Waals surface area contributed by atoms with Crippen molar-refractivity contribution in [3.8, 4) is 0 Å². The number of aliphatic imine (C=N–C) groups is 3. The van der Waals surface area contributed by atoms with Crippen molar-refractivity contribution in [1.82, 2.24) is 56.4 Å². The zero-order chi connectivity index (χ0) is 92.6. The minimum absolute atomic E-state index is 0. The number of aliphatic hydroxyl groups is 1. The number of benzene rings is 1. The van der Waals surface area contributed by atoms with E-state index in [0.717, 1.165) is 11.1 Å². The van der Waals surface area contributed by atoms with Crippen LogP contribution in [0.2, 0.25) is 0 Å². The first-order valence-electron chi connectivity index (χ1n) is 40.8. The summed E-state index contributed by atoms with van der Waals surface area (Å²) in [6.45, 7) is 22.4. The number of hydrogen-bond donors (Lipinski definition) is 13. The summed E-state index contributed by atoms with van der Waals surface area (Å²) in [6, 6.07) is 2.55. The number of nitrogens with one attached hydrogen (secondary N) is 6. The molecule has 8 bridgehead atoms. The van der Waals surface area contributed by atoms with Crippen LogP contribution in [0.4, 0.5) is 0 Å². The number of aromatic nitrogens is 5. The third kappa shape index (κ3) is 24.3. The molecule has 0 radical (unpaired) electrons. The Balaban J connectivity index is 0.00000721. The van der Waals surface area contributed by atoms with Crippen molar-refractivity contribution >= 4 is 107 Å². The maximum Gasteiger partial charge on any atom is 3.00 e. The molecule has 3 aromatic rings. The van der Waals surface area contributed by atoms with Gasteiger partial charge in [-0.15, -0.1) is 5.10 Å². The van der Waals surface area contributed by atoms with Gasteiger partial charge in [0.05, 0.1) is 86.3 Å². The van der Waals surface area contributed by atoms with Gasteiger partial charge >= 0.3 is 16.8 Å². The van der Waals surface area contributed by atoms with E-state index in [1.165, 1.54) is 28.7 Å². The second kappa shape index (κ2) is 43.3. The van der Waals surface area contributed by atoms with Crippen molar-refractivity contribution in [2.24, 2.45) is 99.8 Å². The molecule has 12 amide bonds. The van der Waals surface area contributed by atoms with Crippen molar-refractivity contribution in [2.75, 3.05) is 59.0 Å². The molecule has 0 saturated carbocycles. The second-order valence-electron chi connectivity index (χ2n) is 33.8. The third-order valence-electron chi connectivity index (χ3n) is 24.6. The number of imidazole rings is 1. The number of allylic oxidation sites excluding steroid dienone is 6. The Labute approximate surface area is 737 Å². The summed E-state index contributed by atoms with van der Waals surface area (Å²) in [4.78, 5) is 195. The Kier molecular flexibility index (Phi) is 35.0. The Morgan fingerprint density at radius 2 is 1.29 bits per heavy atom. The van der Waals surface area contributed by atoms with Crippen LogP contribution < -0.4 is 71.2 Å². The van der Waals surface area contributed by atoms with Crippen LogP contribution in [-0.2, 0) is 110 Å². The predicted octanol–water partition coefficient (Wildman–Crippen LogP) is 0.549. The molecule has 8 heterocycles. The molecule has 0 spiro atoms. The molecule has 44 nitrogen and oxygen atoms in total. The van der Waals surface area contributed by atoms with Gasteiger partial charge in [-0.3, -0.25) is 77.1 Å². The molecule has 46 heteroatoms. The molecule has 9 rings (SSSR count). The summed E-state index contributed by atoms with van der Waals surface area (Å²) >= 11 is 0. The van der Waals surface area contributed by atoms with E-state index in [0.29, 0.717) is 56.4 Å². The van der Waals surface area contributed by atoms with Gasteiger partial charge in [0.25, 0.3) is 7.82 Å².